The van der Waals surface area contributed by atoms with Crippen molar-refractivity contribution < 1.29 is 22.0 Å². The largest absolute Gasteiger partial charge is 0.296 e. The number of carbonyl (C=O) groups excluding carboxylic acids is 1. The normalized spacial score (nSPS) is 11.4. The highest BCUT2D eigenvalue weighted by Gasteiger charge is 2.17. The van der Waals surface area contributed by atoms with Crippen LogP contribution in [0.25, 0.3) is 0 Å². The molecule has 2 aromatic carbocycles. The molecule has 0 saturated heterocycles. The molecule has 1 aromatic heterocycles. The molecule has 1 amide bonds. The van der Waals surface area contributed by atoms with Crippen LogP contribution in [0.4, 0.5) is 19.6 Å². The summed E-state index contributed by atoms with van der Waals surface area (Å²) in [5, 5.41) is 8.56. The van der Waals surface area contributed by atoms with E-state index in [-0.39, 0.29) is 21.3 Å². The maximum absolute atomic E-state index is 12.5. The second-order valence-corrected chi connectivity index (χ2v) is 7.89. The van der Waals surface area contributed by atoms with E-state index in [1.54, 1.807) is 18.2 Å². The van der Waals surface area contributed by atoms with Gasteiger partial charge in [-0.1, -0.05) is 29.5 Å². The summed E-state index contributed by atoms with van der Waals surface area (Å²) in [5.41, 5.74) is 0.470. The Morgan fingerprint density at radius 3 is 2.26 bits per heavy atom. The van der Waals surface area contributed by atoms with Gasteiger partial charge in [0, 0.05) is 11.3 Å². The maximum Gasteiger partial charge on any atom is 0.291 e. The van der Waals surface area contributed by atoms with E-state index in [1.165, 1.54) is 36.4 Å². The molecule has 0 radical (unpaired) electrons. The summed E-state index contributed by atoms with van der Waals surface area (Å²) < 4.78 is 51.9. The number of nitrogens with zero attached hydrogens (tertiary/aromatic N) is 2. The minimum atomic E-state index is -3.74. The molecule has 2 N–H and O–H groups in total. The van der Waals surface area contributed by atoms with E-state index in [0.717, 1.165) is 0 Å². The number of aromatic nitrogens is 2. The Kier molecular flexibility index (Phi) is 5.42. The van der Waals surface area contributed by atoms with Gasteiger partial charge in [-0.2, -0.15) is 0 Å². The van der Waals surface area contributed by atoms with Crippen LogP contribution in [0.2, 0.25) is 0 Å². The minimum Gasteiger partial charge on any atom is -0.296 e. The topological polar surface area (TPSA) is 101 Å². The number of carbonyl (C=O) groups is 1. The number of anilines is 2. The number of amides is 1. The number of alkyl halides is 2. The smallest absolute Gasteiger partial charge is 0.291 e. The second-order valence-electron chi connectivity index (χ2n) is 5.20. The van der Waals surface area contributed by atoms with E-state index < -0.39 is 27.4 Å². The molecule has 11 heteroatoms. The molecule has 0 saturated carbocycles. The lowest BCUT2D eigenvalue weighted by molar-refractivity contribution is 0.102. The van der Waals surface area contributed by atoms with Crippen LogP contribution in [0.5, 0.6) is 0 Å². The van der Waals surface area contributed by atoms with Gasteiger partial charge in [-0.3, -0.25) is 14.8 Å². The molecule has 1 heterocycles. The molecule has 3 rings (SSSR count). The standard InChI is InChI=1S/C16H12F2N4O3S2/c17-13(18)15-20-21-16(26-15)19-14(23)10-6-8-11(9-7-10)22-27(24,25)12-4-2-1-3-5-12/h1-9,13,22H,(H,19,21,23). The predicted molar refractivity (Wildman–Crippen MR) is 96.5 cm³/mol. The molecule has 3 aromatic rings. The first-order valence-electron chi connectivity index (χ1n) is 7.46. The van der Waals surface area contributed by atoms with E-state index in [9.17, 15) is 22.0 Å². The lowest BCUT2D eigenvalue weighted by Crippen LogP contribution is -2.14. The molecule has 7 nitrogen and oxygen atoms in total. The summed E-state index contributed by atoms with van der Waals surface area (Å²) in [5.74, 6) is -0.579. The lowest BCUT2D eigenvalue weighted by atomic mass is 10.2. The molecule has 140 valence electrons. The van der Waals surface area contributed by atoms with Gasteiger partial charge in [-0.15, -0.1) is 10.2 Å². The third kappa shape index (κ3) is 4.63. The van der Waals surface area contributed by atoms with Crippen molar-refractivity contribution >= 4 is 38.1 Å². The molecule has 0 aliphatic heterocycles. The summed E-state index contributed by atoms with van der Waals surface area (Å²) in [6.45, 7) is 0. The summed E-state index contributed by atoms with van der Waals surface area (Å²) in [7, 11) is -3.74. The van der Waals surface area contributed by atoms with E-state index >= 15 is 0 Å². The van der Waals surface area contributed by atoms with Crippen LogP contribution >= 0.6 is 11.3 Å². The Hall–Kier alpha value is -2.92. The molecule has 0 unspecified atom stereocenters. The van der Waals surface area contributed by atoms with Gasteiger partial charge >= 0.3 is 0 Å². The van der Waals surface area contributed by atoms with E-state index in [0.29, 0.717) is 11.3 Å². The fourth-order valence-electron chi connectivity index (χ4n) is 2.05. The fourth-order valence-corrected chi connectivity index (χ4v) is 3.72. The average molecular weight is 410 g/mol. The third-order valence-electron chi connectivity index (χ3n) is 3.30. The number of hydrogen-bond acceptors (Lipinski definition) is 6. The van der Waals surface area contributed by atoms with Gasteiger partial charge in [0.05, 0.1) is 4.90 Å². The molecular formula is C16H12F2N4O3S2. The van der Waals surface area contributed by atoms with Crippen LogP contribution in [0.1, 0.15) is 21.8 Å². The van der Waals surface area contributed by atoms with Crippen LogP contribution < -0.4 is 10.0 Å². The minimum absolute atomic E-state index is 0.0517. The van der Waals surface area contributed by atoms with Gasteiger partial charge in [-0.05, 0) is 36.4 Å². The van der Waals surface area contributed by atoms with Crippen molar-refractivity contribution in [2.24, 2.45) is 0 Å². The zero-order chi connectivity index (χ0) is 19.4. The van der Waals surface area contributed by atoms with Crippen LogP contribution in [0, 0.1) is 0 Å². The monoisotopic (exact) mass is 410 g/mol. The van der Waals surface area contributed by atoms with Gasteiger partial charge in [0.2, 0.25) is 5.13 Å². The van der Waals surface area contributed by atoms with Gasteiger partial charge in [-0.25, -0.2) is 17.2 Å². The Morgan fingerprint density at radius 2 is 1.67 bits per heavy atom. The third-order valence-corrected chi connectivity index (χ3v) is 5.54. The van der Waals surface area contributed by atoms with Gasteiger partial charge in [0.25, 0.3) is 22.4 Å². The second kappa shape index (κ2) is 7.76. The zero-order valence-electron chi connectivity index (χ0n) is 13.5. The van der Waals surface area contributed by atoms with Crippen molar-refractivity contribution in [3.05, 3.63) is 65.2 Å². The van der Waals surface area contributed by atoms with Crippen molar-refractivity contribution in [2.75, 3.05) is 10.0 Å². The van der Waals surface area contributed by atoms with Crippen molar-refractivity contribution in [2.45, 2.75) is 11.3 Å². The highest BCUT2D eigenvalue weighted by molar-refractivity contribution is 7.92. The van der Waals surface area contributed by atoms with E-state index in [4.69, 9.17) is 0 Å². The molecule has 0 bridgehead atoms. The Balaban J connectivity index is 1.68. The Bertz CT molecular complexity index is 1040. The predicted octanol–water partition coefficient (Wildman–Crippen LogP) is 3.53. The van der Waals surface area contributed by atoms with Gasteiger partial charge in [0.1, 0.15) is 0 Å². The molecule has 0 fully saturated rings. The SMILES string of the molecule is O=C(Nc1nnc(C(F)F)s1)c1ccc(NS(=O)(=O)c2ccccc2)cc1. The number of nitrogens with one attached hydrogen (secondary N) is 2. The fraction of sp³-hybridized carbons (Fsp3) is 0.0625. The maximum atomic E-state index is 12.5. The molecule has 0 aliphatic carbocycles. The Morgan fingerprint density at radius 1 is 1.00 bits per heavy atom. The number of rotatable bonds is 6. The molecule has 0 spiro atoms. The van der Waals surface area contributed by atoms with Crippen LogP contribution in [-0.2, 0) is 10.0 Å². The summed E-state index contributed by atoms with van der Waals surface area (Å²) in [6.07, 6.45) is -2.76. The summed E-state index contributed by atoms with van der Waals surface area (Å²) in [6, 6.07) is 13.5. The number of halogens is 2. The quantitative estimate of drug-likeness (QED) is 0.647. The van der Waals surface area contributed by atoms with E-state index in [2.05, 4.69) is 20.2 Å². The average Bonchev–Trinajstić information content (AvgIpc) is 3.11. The van der Waals surface area contributed by atoms with Crippen molar-refractivity contribution in [3.63, 3.8) is 0 Å². The van der Waals surface area contributed by atoms with Gasteiger partial charge < -0.3 is 0 Å². The van der Waals surface area contributed by atoms with Crippen LogP contribution in [-0.4, -0.2) is 24.5 Å². The van der Waals surface area contributed by atoms with Gasteiger partial charge in [0.15, 0.2) is 5.01 Å². The molecule has 0 aliphatic rings. The van der Waals surface area contributed by atoms with E-state index in [1.807, 2.05) is 0 Å². The number of benzene rings is 2. The summed E-state index contributed by atoms with van der Waals surface area (Å²) >= 11 is 0.577. The first-order valence-corrected chi connectivity index (χ1v) is 9.76. The molecule has 0 atom stereocenters. The van der Waals surface area contributed by atoms with Crippen molar-refractivity contribution in [1.29, 1.82) is 0 Å². The lowest BCUT2D eigenvalue weighted by Gasteiger charge is -2.08. The number of sulfonamides is 1. The van der Waals surface area contributed by atoms with Crippen LogP contribution in [0.3, 0.4) is 0 Å². The molecular weight excluding hydrogens is 398 g/mol. The number of hydrogen-bond donors (Lipinski definition) is 2. The highest BCUT2D eigenvalue weighted by Crippen LogP contribution is 2.25. The van der Waals surface area contributed by atoms with Crippen LogP contribution in [0.15, 0.2) is 59.5 Å². The highest BCUT2D eigenvalue weighted by atomic mass is 32.2. The molecule has 27 heavy (non-hydrogen) atoms. The first-order chi connectivity index (χ1) is 12.8. The van der Waals surface area contributed by atoms with Crippen molar-refractivity contribution in [1.82, 2.24) is 10.2 Å². The Labute approximate surface area is 157 Å². The summed E-state index contributed by atoms with van der Waals surface area (Å²) in [4.78, 5) is 12.2. The first kappa shape index (κ1) is 18.9. The van der Waals surface area contributed by atoms with Crippen molar-refractivity contribution in [3.8, 4) is 0 Å². The zero-order valence-corrected chi connectivity index (χ0v) is 15.1.